The van der Waals surface area contributed by atoms with Gasteiger partial charge in [0.1, 0.15) is 0 Å². The molecule has 0 saturated carbocycles. The van der Waals surface area contributed by atoms with E-state index in [1.165, 1.54) is 12.8 Å². The van der Waals surface area contributed by atoms with Crippen molar-refractivity contribution < 1.29 is 14.7 Å². The molecule has 0 fully saturated rings. The van der Waals surface area contributed by atoms with E-state index in [-0.39, 0.29) is 6.23 Å². The summed E-state index contributed by atoms with van der Waals surface area (Å²) in [7, 11) is 4.11. The highest BCUT2D eigenvalue weighted by Gasteiger charge is 2.19. The summed E-state index contributed by atoms with van der Waals surface area (Å²) in [6, 6.07) is 0. The topological polar surface area (TPSA) is 86.4 Å². The van der Waals surface area contributed by atoms with Gasteiger partial charge in [0.25, 0.3) is 0 Å². The Hall–Kier alpha value is -0.880. The molecule has 0 aliphatic carbocycles. The molecule has 0 spiro atoms. The number of unbranched alkanes of at least 4 members (excludes halogenated alkanes) is 1. The van der Waals surface area contributed by atoms with Gasteiger partial charge >= 0.3 is 0 Å². The molecular weight excluding hydrogens is 188 g/mol. The van der Waals surface area contributed by atoms with Crippen LogP contribution in [-0.2, 0) is 0 Å². The van der Waals surface area contributed by atoms with Gasteiger partial charge in [0.15, 0.2) is 6.23 Å². The van der Waals surface area contributed by atoms with Crippen LogP contribution in [0.25, 0.3) is 0 Å². The third-order valence-electron chi connectivity index (χ3n) is 2.10. The van der Waals surface area contributed by atoms with Gasteiger partial charge in [0, 0.05) is 6.92 Å². The summed E-state index contributed by atoms with van der Waals surface area (Å²) < 4.78 is 0.716. The second kappa shape index (κ2) is 7.52. The van der Waals surface area contributed by atoms with Crippen molar-refractivity contribution in [3.63, 3.8) is 0 Å². The van der Waals surface area contributed by atoms with Crippen molar-refractivity contribution in [2.45, 2.75) is 32.9 Å². The van der Waals surface area contributed by atoms with Gasteiger partial charge in [-0.1, -0.05) is 13.3 Å². The van der Waals surface area contributed by atoms with Crippen LogP contribution >= 0.6 is 0 Å². The molecule has 86 valence electrons. The van der Waals surface area contributed by atoms with Gasteiger partial charge in [0.05, 0.1) is 25.7 Å². The van der Waals surface area contributed by atoms with E-state index in [9.17, 15) is 5.11 Å². The number of rotatable bonds is 4. The van der Waals surface area contributed by atoms with Crippen molar-refractivity contribution in [3.8, 4) is 0 Å². The Morgan fingerprint density at radius 3 is 2.00 bits per heavy atom. The van der Waals surface area contributed by atoms with Crippen molar-refractivity contribution in [2.75, 3.05) is 20.6 Å². The van der Waals surface area contributed by atoms with Crippen LogP contribution in [0.2, 0.25) is 0 Å². The highest BCUT2D eigenvalue weighted by atomic mass is 16.9. The van der Waals surface area contributed by atoms with Gasteiger partial charge in [-0.25, -0.2) is 0 Å². The fraction of sp³-hybridized carbons (Fsp3) is 1.00. The maximum atomic E-state index is 9.28. The zero-order chi connectivity index (χ0) is 11.8. The molecule has 14 heavy (non-hydrogen) atoms. The van der Waals surface area contributed by atoms with Gasteiger partial charge in [-0.2, -0.15) is 0 Å². The van der Waals surface area contributed by atoms with Gasteiger partial charge in [-0.05, 0) is 6.42 Å². The van der Waals surface area contributed by atoms with Crippen molar-refractivity contribution in [1.82, 2.24) is 0 Å². The predicted molar refractivity (Wildman–Crippen MR) is 53.9 cm³/mol. The molecular formula is C8H20N2O4. The molecule has 0 aromatic rings. The van der Waals surface area contributed by atoms with Crippen molar-refractivity contribution in [2.24, 2.45) is 0 Å². The Labute approximate surface area is 84.5 Å². The minimum atomic E-state index is -1.75. The van der Waals surface area contributed by atoms with Gasteiger partial charge < -0.3 is 24.9 Å². The monoisotopic (exact) mass is 208 g/mol. The molecule has 1 N–H and O–H groups in total. The fourth-order valence-electron chi connectivity index (χ4n) is 0.752. The third-order valence-corrected chi connectivity index (χ3v) is 2.10. The summed E-state index contributed by atoms with van der Waals surface area (Å²) in [6.07, 6.45) is 2.15. The summed E-state index contributed by atoms with van der Waals surface area (Å²) >= 11 is 0. The Morgan fingerprint density at radius 2 is 1.79 bits per heavy atom. The van der Waals surface area contributed by atoms with Crippen LogP contribution in [0.3, 0.4) is 0 Å². The van der Waals surface area contributed by atoms with E-state index in [0.29, 0.717) is 4.48 Å². The SMILES string of the molecule is CCCC[N+](C)(C)C(C)O.O=[N+]([O-])[O-]. The Bertz CT molecular complexity index is 155. The van der Waals surface area contributed by atoms with Crippen LogP contribution in [-0.4, -0.2) is 41.5 Å². The van der Waals surface area contributed by atoms with Crippen LogP contribution in [0, 0.1) is 15.3 Å². The van der Waals surface area contributed by atoms with E-state index in [1.807, 2.05) is 6.92 Å². The van der Waals surface area contributed by atoms with Crippen molar-refractivity contribution in [3.05, 3.63) is 15.3 Å². The molecule has 0 amide bonds. The lowest BCUT2D eigenvalue weighted by molar-refractivity contribution is -0.934. The molecule has 0 rings (SSSR count). The standard InChI is InChI=1S/C8H20NO.NO3/c1-5-6-7-9(3,4)8(2)10;2-1(3)4/h8,10H,5-7H2,1-4H3;/q+1;-1. The third kappa shape index (κ3) is 11.1. The first-order valence-corrected chi connectivity index (χ1v) is 4.56. The van der Waals surface area contributed by atoms with E-state index in [1.54, 1.807) is 0 Å². The number of nitrogens with zero attached hydrogens (tertiary/aromatic N) is 2. The number of quaternary nitrogens is 1. The molecule has 0 heterocycles. The molecule has 1 atom stereocenters. The molecule has 6 nitrogen and oxygen atoms in total. The first-order chi connectivity index (χ1) is 6.24. The second-order valence-electron chi connectivity index (χ2n) is 3.71. The molecule has 0 bridgehead atoms. The van der Waals surface area contributed by atoms with Crippen LogP contribution in [0.15, 0.2) is 0 Å². The summed E-state index contributed by atoms with van der Waals surface area (Å²) in [5.74, 6) is 0. The second-order valence-corrected chi connectivity index (χ2v) is 3.71. The van der Waals surface area contributed by atoms with Crippen LogP contribution in [0.5, 0.6) is 0 Å². The number of hydrogen-bond donors (Lipinski definition) is 1. The Balaban J connectivity index is 0. The average Bonchev–Trinajstić information content (AvgIpc) is 1.99. The molecule has 6 heteroatoms. The van der Waals surface area contributed by atoms with E-state index in [2.05, 4.69) is 21.0 Å². The first kappa shape index (κ1) is 15.6. The molecule has 0 aliphatic rings. The van der Waals surface area contributed by atoms with E-state index in [4.69, 9.17) is 15.3 Å². The molecule has 0 radical (unpaired) electrons. The highest BCUT2D eigenvalue weighted by molar-refractivity contribution is 4.35. The minimum absolute atomic E-state index is 0.244. The first-order valence-electron chi connectivity index (χ1n) is 4.56. The Morgan fingerprint density at radius 1 is 1.43 bits per heavy atom. The summed E-state index contributed by atoms with van der Waals surface area (Å²) in [4.78, 5) is 8.25. The van der Waals surface area contributed by atoms with Crippen LogP contribution in [0.1, 0.15) is 26.7 Å². The zero-order valence-corrected chi connectivity index (χ0v) is 9.27. The molecule has 0 aliphatic heterocycles. The predicted octanol–water partition coefficient (Wildman–Crippen LogP) is 0.962. The smallest absolute Gasteiger partial charge is 0.187 e. The quantitative estimate of drug-likeness (QED) is 0.322. The van der Waals surface area contributed by atoms with E-state index >= 15 is 0 Å². The van der Waals surface area contributed by atoms with E-state index in [0.717, 1.165) is 6.54 Å². The van der Waals surface area contributed by atoms with Crippen LogP contribution in [0.4, 0.5) is 0 Å². The summed E-state index contributed by atoms with van der Waals surface area (Å²) in [5, 5.41) is 24.0. The van der Waals surface area contributed by atoms with Crippen LogP contribution < -0.4 is 0 Å². The van der Waals surface area contributed by atoms with Gasteiger partial charge in [-0.3, -0.25) is 0 Å². The maximum Gasteiger partial charge on any atom is 0.187 e. The number of aliphatic hydroxyl groups is 1. The lowest BCUT2D eigenvalue weighted by Gasteiger charge is -2.32. The molecule has 0 aromatic heterocycles. The van der Waals surface area contributed by atoms with E-state index < -0.39 is 5.09 Å². The minimum Gasteiger partial charge on any atom is -0.356 e. The van der Waals surface area contributed by atoms with Gasteiger partial charge in [-0.15, -0.1) is 0 Å². The highest BCUT2D eigenvalue weighted by Crippen LogP contribution is 2.05. The summed E-state index contributed by atoms with van der Waals surface area (Å²) in [5.41, 5.74) is 0. The lowest BCUT2D eigenvalue weighted by atomic mass is 10.3. The average molecular weight is 208 g/mol. The van der Waals surface area contributed by atoms with Crippen molar-refractivity contribution in [1.29, 1.82) is 0 Å². The fourth-order valence-corrected chi connectivity index (χ4v) is 0.752. The number of aliphatic hydroxyl groups excluding tert-OH is 1. The Kier molecular flexibility index (Phi) is 8.37. The summed E-state index contributed by atoms with van der Waals surface area (Å²) in [6.45, 7) is 5.08. The number of hydrogen-bond acceptors (Lipinski definition) is 4. The van der Waals surface area contributed by atoms with Gasteiger partial charge in [0.2, 0.25) is 0 Å². The molecule has 0 aromatic carbocycles. The maximum absolute atomic E-state index is 9.28. The largest absolute Gasteiger partial charge is 0.356 e. The van der Waals surface area contributed by atoms with Crippen molar-refractivity contribution >= 4 is 0 Å². The lowest BCUT2D eigenvalue weighted by Crippen LogP contribution is -2.47. The zero-order valence-electron chi connectivity index (χ0n) is 9.27. The normalized spacial score (nSPS) is 12.6. The molecule has 1 unspecified atom stereocenters. The molecule has 0 saturated heterocycles.